The van der Waals surface area contributed by atoms with Gasteiger partial charge in [-0.3, -0.25) is 0 Å². The third kappa shape index (κ3) is 1.93. The van der Waals surface area contributed by atoms with Crippen LogP contribution in [0.4, 0.5) is 0 Å². The Labute approximate surface area is 94.4 Å². The van der Waals surface area contributed by atoms with Crippen molar-refractivity contribution in [3.63, 3.8) is 0 Å². The third-order valence-electron chi connectivity index (χ3n) is 3.13. The minimum absolute atomic E-state index is 0.353. The van der Waals surface area contributed by atoms with Gasteiger partial charge in [0, 0.05) is 20.0 Å². The second-order valence-corrected chi connectivity index (χ2v) is 4.08. The second-order valence-electron chi connectivity index (χ2n) is 4.08. The summed E-state index contributed by atoms with van der Waals surface area (Å²) in [5, 5.41) is 12.5. The molecule has 5 nitrogen and oxygen atoms in total. The first-order chi connectivity index (χ1) is 7.80. The Hall–Kier alpha value is -1.41. The number of aromatic nitrogens is 2. The van der Waals surface area contributed by atoms with E-state index in [4.69, 9.17) is 14.5 Å². The largest absolute Gasteiger partial charge is 0.370 e. The van der Waals surface area contributed by atoms with Gasteiger partial charge in [-0.25, -0.2) is 0 Å². The predicted octanol–water partition coefficient (Wildman–Crippen LogP) is 1.94. The molecule has 0 unspecified atom stereocenters. The van der Waals surface area contributed by atoms with Crippen LogP contribution in [0.3, 0.4) is 0 Å². The van der Waals surface area contributed by atoms with Crippen LogP contribution in [0.15, 0.2) is 4.52 Å². The lowest BCUT2D eigenvalue weighted by Crippen LogP contribution is -2.26. The molecule has 16 heavy (non-hydrogen) atoms. The van der Waals surface area contributed by atoms with Gasteiger partial charge < -0.3 is 9.26 Å². The number of ether oxygens (including phenoxy) is 1. The highest BCUT2D eigenvalue weighted by Gasteiger charge is 2.40. The van der Waals surface area contributed by atoms with Gasteiger partial charge in [0.15, 0.2) is 0 Å². The highest BCUT2D eigenvalue weighted by atomic mass is 16.5. The van der Waals surface area contributed by atoms with Crippen molar-refractivity contribution in [2.45, 2.75) is 44.1 Å². The molecule has 0 amide bonds. The zero-order valence-electron chi connectivity index (χ0n) is 9.40. The van der Waals surface area contributed by atoms with E-state index >= 15 is 0 Å². The SMILES string of the molecule is COC1(c2noc(CCC#N)n2)CCCC1. The van der Waals surface area contributed by atoms with E-state index in [1.54, 1.807) is 7.11 Å². The molecular weight excluding hydrogens is 206 g/mol. The standard InChI is InChI=1S/C11H15N3O2/c1-15-11(6-2-3-7-11)10-13-9(16-14-10)5-4-8-12/h2-7H2,1H3. The van der Waals surface area contributed by atoms with Crippen molar-refractivity contribution in [3.8, 4) is 6.07 Å². The molecule has 5 heteroatoms. The summed E-state index contributed by atoms with van der Waals surface area (Å²) in [7, 11) is 1.69. The molecule has 1 aliphatic carbocycles. The summed E-state index contributed by atoms with van der Waals surface area (Å²) in [4.78, 5) is 4.32. The molecule has 0 radical (unpaired) electrons. The maximum atomic E-state index is 8.48. The van der Waals surface area contributed by atoms with Crippen molar-refractivity contribution in [2.75, 3.05) is 7.11 Å². The van der Waals surface area contributed by atoms with Gasteiger partial charge in [0.1, 0.15) is 5.60 Å². The maximum absolute atomic E-state index is 8.48. The fraction of sp³-hybridized carbons (Fsp3) is 0.727. The van der Waals surface area contributed by atoms with Gasteiger partial charge in [-0.2, -0.15) is 10.2 Å². The van der Waals surface area contributed by atoms with Crippen molar-refractivity contribution in [1.29, 1.82) is 5.26 Å². The molecule has 86 valence electrons. The lowest BCUT2D eigenvalue weighted by atomic mass is 10.0. The van der Waals surface area contributed by atoms with Gasteiger partial charge in [0.2, 0.25) is 11.7 Å². The van der Waals surface area contributed by atoms with Crippen molar-refractivity contribution in [3.05, 3.63) is 11.7 Å². The first kappa shape index (κ1) is 11.1. The molecule has 0 bridgehead atoms. The second kappa shape index (κ2) is 4.62. The van der Waals surface area contributed by atoms with Gasteiger partial charge in [-0.05, 0) is 25.7 Å². The number of methoxy groups -OCH3 is 1. The number of hydrogen-bond donors (Lipinski definition) is 0. The molecule has 1 aliphatic rings. The van der Waals surface area contributed by atoms with Crippen LogP contribution in [-0.2, 0) is 16.8 Å². The highest BCUT2D eigenvalue weighted by molar-refractivity contribution is 5.04. The highest BCUT2D eigenvalue weighted by Crippen LogP contribution is 2.40. The van der Waals surface area contributed by atoms with E-state index in [0.717, 1.165) is 25.7 Å². The minimum atomic E-state index is -0.353. The first-order valence-electron chi connectivity index (χ1n) is 5.56. The zero-order chi connectivity index (χ0) is 11.4. The van der Waals surface area contributed by atoms with E-state index in [0.29, 0.717) is 24.6 Å². The average molecular weight is 221 g/mol. The summed E-state index contributed by atoms with van der Waals surface area (Å²) >= 11 is 0. The molecule has 0 atom stereocenters. The number of hydrogen-bond acceptors (Lipinski definition) is 5. The molecule has 0 spiro atoms. The molecule has 0 aromatic carbocycles. The summed E-state index contributed by atoms with van der Waals surface area (Å²) in [5.41, 5.74) is -0.353. The molecule has 2 rings (SSSR count). The molecule has 1 heterocycles. The molecular formula is C11H15N3O2. The average Bonchev–Trinajstić information content (AvgIpc) is 2.95. The quantitative estimate of drug-likeness (QED) is 0.776. The Morgan fingerprint density at radius 3 is 2.88 bits per heavy atom. The third-order valence-corrected chi connectivity index (χ3v) is 3.13. The van der Waals surface area contributed by atoms with Crippen LogP contribution in [0, 0.1) is 11.3 Å². The van der Waals surface area contributed by atoms with E-state index in [9.17, 15) is 0 Å². The van der Waals surface area contributed by atoms with Crippen molar-refractivity contribution >= 4 is 0 Å². The molecule has 1 saturated carbocycles. The van der Waals surface area contributed by atoms with E-state index in [1.807, 2.05) is 0 Å². The Morgan fingerprint density at radius 1 is 1.50 bits per heavy atom. The monoisotopic (exact) mass is 221 g/mol. The number of nitrogens with zero attached hydrogens (tertiary/aromatic N) is 3. The summed E-state index contributed by atoms with van der Waals surface area (Å²) in [6, 6.07) is 2.06. The van der Waals surface area contributed by atoms with E-state index in [1.165, 1.54) is 0 Å². The van der Waals surface area contributed by atoms with E-state index in [-0.39, 0.29) is 5.60 Å². The van der Waals surface area contributed by atoms with Gasteiger partial charge in [-0.15, -0.1) is 0 Å². The Morgan fingerprint density at radius 2 is 2.25 bits per heavy atom. The van der Waals surface area contributed by atoms with E-state index in [2.05, 4.69) is 16.2 Å². The Kier molecular flexibility index (Phi) is 3.20. The van der Waals surface area contributed by atoms with Crippen LogP contribution in [-0.4, -0.2) is 17.3 Å². The number of aryl methyl sites for hydroxylation is 1. The smallest absolute Gasteiger partial charge is 0.227 e. The van der Waals surface area contributed by atoms with Crippen LogP contribution >= 0.6 is 0 Å². The molecule has 1 fully saturated rings. The fourth-order valence-electron chi connectivity index (χ4n) is 2.17. The van der Waals surface area contributed by atoms with Gasteiger partial charge in [0.25, 0.3) is 0 Å². The van der Waals surface area contributed by atoms with Gasteiger partial charge >= 0.3 is 0 Å². The van der Waals surface area contributed by atoms with Crippen LogP contribution in [0.1, 0.15) is 43.8 Å². The van der Waals surface area contributed by atoms with E-state index < -0.39 is 0 Å². The lowest BCUT2D eigenvalue weighted by Gasteiger charge is -2.22. The van der Waals surface area contributed by atoms with Crippen LogP contribution < -0.4 is 0 Å². The normalized spacial score (nSPS) is 18.5. The number of rotatable bonds is 4. The van der Waals surface area contributed by atoms with Crippen molar-refractivity contribution in [2.24, 2.45) is 0 Å². The summed E-state index contributed by atoms with van der Waals surface area (Å²) in [6.45, 7) is 0. The molecule has 1 aromatic heterocycles. The number of nitriles is 1. The predicted molar refractivity (Wildman–Crippen MR) is 55.4 cm³/mol. The zero-order valence-corrected chi connectivity index (χ0v) is 9.40. The molecule has 0 saturated heterocycles. The van der Waals surface area contributed by atoms with Crippen molar-refractivity contribution in [1.82, 2.24) is 10.1 Å². The summed E-state index contributed by atoms with van der Waals surface area (Å²) < 4.78 is 10.7. The van der Waals surface area contributed by atoms with Crippen LogP contribution in [0.2, 0.25) is 0 Å². The fourth-order valence-corrected chi connectivity index (χ4v) is 2.17. The Bertz CT molecular complexity index is 388. The lowest BCUT2D eigenvalue weighted by molar-refractivity contribution is -0.0178. The Balaban J connectivity index is 2.14. The molecule has 0 N–H and O–H groups in total. The van der Waals surface area contributed by atoms with Gasteiger partial charge in [-0.1, -0.05) is 5.16 Å². The summed E-state index contributed by atoms with van der Waals surface area (Å²) in [6.07, 6.45) is 5.08. The van der Waals surface area contributed by atoms with Gasteiger partial charge in [0.05, 0.1) is 6.07 Å². The summed E-state index contributed by atoms with van der Waals surface area (Å²) in [5.74, 6) is 1.17. The molecule has 0 aliphatic heterocycles. The van der Waals surface area contributed by atoms with Crippen LogP contribution in [0.25, 0.3) is 0 Å². The van der Waals surface area contributed by atoms with Crippen LogP contribution in [0.5, 0.6) is 0 Å². The topological polar surface area (TPSA) is 71.9 Å². The minimum Gasteiger partial charge on any atom is -0.370 e. The first-order valence-corrected chi connectivity index (χ1v) is 5.56. The maximum Gasteiger partial charge on any atom is 0.227 e. The molecule has 1 aromatic rings. The van der Waals surface area contributed by atoms with Crippen molar-refractivity contribution < 1.29 is 9.26 Å².